The van der Waals surface area contributed by atoms with Crippen LogP contribution in [-0.2, 0) is 0 Å². The van der Waals surface area contributed by atoms with E-state index in [1.165, 1.54) is 6.07 Å². The molecule has 1 aromatic heterocycles. The minimum absolute atomic E-state index is 0.0446. The van der Waals surface area contributed by atoms with Gasteiger partial charge in [0, 0.05) is 5.39 Å². The zero-order chi connectivity index (χ0) is 14.8. The molecule has 2 aromatic carbocycles. The van der Waals surface area contributed by atoms with Gasteiger partial charge in [0.15, 0.2) is 0 Å². The molecule has 0 spiro atoms. The van der Waals surface area contributed by atoms with Crippen LogP contribution in [0.15, 0.2) is 54.7 Å². The van der Waals surface area contributed by atoms with Crippen LogP contribution < -0.4 is 10.5 Å². The second kappa shape index (κ2) is 5.46. The molecule has 0 amide bonds. The summed E-state index contributed by atoms with van der Waals surface area (Å²) in [6, 6.07) is 13.9. The Morgan fingerprint density at radius 3 is 2.76 bits per heavy atom. The standard InChI is InChI=1S/C16H11FN2OS/c17-12-5-3-7-14(15(12)16(18)21)20-11-8-10-4-1-2-6-13(10)19-9-11/h1-9H,(H2,18,21). The number of rotatable bonds is 3. The van der Waals surface area contributed by atoms with Crippen molar-refractivity contribution in [2.24, 2.45) is 5.73 Å². The molecule has 0 aliphatic heterocycles. The van der Waals surface area contributed by atoms with Crippen molar-refractivity contribution in [1.29, 1.82) is 0 Å². The Morgan fingerprint density at radius 1 is 1.14 bits per heavy atom. The molecule has 0 aliphatic carbocycles. The molecule has 3 nitrogen and oxygen atoms in total. The third-order valence-corrected chi connectivity index (χ3v) is 3.22. The lowest BCUT2D eigenvalue weighted by Crippen LogP contribution is -2.13. The molecular formula is C16H11FN2OS. The molecule has 104 valence electrons. The molecule has 3 aromatic rings. The zero-order valence-electron chi connectivity index (χ0n) is 10.9. The number of hydrogen-bond donors (Lipinski definition) is 1. The fourth-order valence-electron chi connectivity index (χ4n) is 2.06. The fraction of sp³-hybridized carbons (Fsp3) is 0. The van der Waals surface area contributed by atoms with E-state index in [4.69, 9.17) is 22.7 Å². The SMILES string of the molecule is NC(=S)c1c(F)cccc1Oc1cnc2ccccc2c1. The number of halogens is 1. The van der Waals surface area contributed by atoms with E-state index in [0.29, 0.717) is 5.75 Å². The van der Waals surface area contributed by atoms with Crippen molar-refractivity contribution < 1.29 is 9.13 Å². The predicted molar refractivity (Wildman–Crippen MR) is 84.1 cm³/mol. The third kappa shape index (κ3) is 2.68. The summed E-state index contributed by atoms with van der Waals surface area (Å²) in [5.74, 6) is 0.269. The van der Waals surface area contributed by atoms with Crippen LogP contribution in [0.4, 0.5) is 4.39 Å². The quantitative estimate of drug-likeness (QED) is 0.747. The molecule has 2 N–H and O–H groups in total. The molecule has 0 bridgehead atoms. The lowest BCUT2D eigenvalue weighted by molar-refractivity contribution is 0.474. The molecule has 0 unspecified atom stereocenters. The van der Waals surface area contributed by atoms with Gasteiger partial charge in [-0.3, -0.25) is 4.98 Å². The molecule has 21 heavy (non-hydrogen) atoms. The third-order valence-electron chi connectivity index (χ3n) is 3.01. The van der Waals surface area contributed by atoms with E-state index in [1.54, 1.807) is 18.3 Å². The normalized spacial score (nSPS) is 10.5. The highest BCUT2D eigenvalue weighted by Crippen LogP contribution is 2.28. The summed E-state index contributed by atoms with van der Waals surface area (Å²) in [6.07, 6.45) is 1.58. The second-order valence-corrected chi connectivity index (χ2v) is 4.88. The summed E-state index contributed by atoms with van der Waals surface area (Å²) in [5, 5.41) is 0.934. The van der Waals surface area contributed by atoms with Crippen molar-refractivity contribution >= 4 is 28.1 Å². The molecule has 0 saturated heterocycles. The van der Waals surface area contributed by atoms with Crippen molar-refractivity contribution in [2.75, 3.05) is 0 Å². The predicted octanol–water partition coefficient (Wildman–Crippen LogP) is 3.80. The van der Waals surface area contributed by atoms with Gasteiger partial charge >= 0.3 is 0 Å². The van der Waals surface area contributed by atoms with Crippen LogP contribution in [0, 0.1) is 5.82 Å². The first-order chi connectivity index (χ1) is 10.1. The summed E-state index contributed by atoms with van der Waals surface area (Å²) in [4.78, 5) is 4.25. The summed E-state index contributed by atoms with van der Waals surface area (Å²) >= 11 is 4.87. The Kier molecular flexibility index (Phi) is 3.50. The smallest absolute Gasteiger partial charge is 0.146 e. The molecule has 0 aliphatic rings. The number of aromatic nitrogens is 1. The van der Waals surface area contributed by atoms with Crippen LogP contribution in [-0.4, -0.2) is 9.97 Å². The Hall–Kier alpha value is -2.53. The Morgan fingerprint density at radius 2 is 1.95 bits per heavy atom. The maximum absolute atomic E-state index is 13.8. The van der Waals surface area contributed by atoms with Gasteiger partial charge in [0.05, 0.1) is 17.3 Å². The molecule has 0 saturated carbocycles. The molecule has 0 atom stereocenters. The maximum atomic E-state index is 13.8. The van der Waals surface area contributed by atoms with Gasteiger partial charge in [-0.05, 0) is 24.3 Å². The van der Waals surface area contributed by atoms with Crippen molar-refractivity contribution in [3.05, 3.63) is 66.1 Å². The number of thiocarbonyl (C=S) groups is 1. The average Bonchev–Trinajstić information content (AvgIpc) is 2.47. The van der Waals surface area contributed by atoms with Crippen LogP contribution >= 0.6 is 12.2 Å². The van der Waals surface area contributed by atoms with E-state index >= 15 is 0 Å². The van der Waals surface area contributed by atoms with E-state index in [9.17, 15) is 4.39 Å². The Balaban J connectivity index is 2.02. The van der Waals surface area contributed by atoms with Crippen LogP contribution in [0.2, 0.25) is 0 Å². The van der Waals surface area contributed by atoms with E-state index in [2.05, 4.69) is 4.98 Å². The van der Waals surface area contributed by atoms with Crippen molar-refractivity contribution in [3.63, 3.8) is 0 Å². The van der Waals surface area contributed by atoms with Crippen LogP contribution in [0.5, 0.6) is 11.5 Å². The van der Waals surface area contributed by atoms with Crippen LogP contribution in [0.25, 0.3) is 10.9 Å². The van der Waals surface area contributed by atoms with Crippen molar-refractivity contribution in [1.82, 2.24) is 4.98 Å². The van der Waals surface area contributed by atoms with E-state index in [-0.39, 0.29) is 16.3 Å². The highest BCUT2D eigenvalue weighted by Gasteiger charge is 2.13. The summed E-state index contributed by atoms with van der Waals surface area (Å²) in [6.45, 7) is 0. The highest BCUT2D eigenvalue weighted by molar-refractivity contribution is 7.80. The lowest BCUT2D eigenvalue weighted by Gasteiger charge is -2.11. The van der Waals surface area contributed by atoms with E-state index < -0.39 is 5.82 Å². The van der Waals surface area contributed by atoms with Gasteiger partial charge in [0.2, 0.25) is 0 Å². The Labute approximate surface area is 126 Å². The number of ether oxygens (including phenoxy) is 1. The number of nitrogens with zero attached hydrogens (tertiary/aromatic N) is 1. The Bertz CT molecular complexity index is 835. The first kappa shape index (κ1) is 13.5. The number of pyridine rings is 1. The molecule has 5 heteroatoms. The van der Waals surface area contributed by atoms with E-state index in [0.717, 1.165) is 10.9 Å². The summed E-state index contributed by atoms with van der Waals surface area (Å²) < 4.78 is 19.5. The second-order valence-electron chi connectivity index (χ2n) is 4.44. The van der Waals surface area contributed by atoms with E-state index in [1.807, 2.05) is 30.3 Å². The van der Waals surface area contributed by atoms with Gasteiger partial charge < -0.3 is 10.5 Å². The fourth-order valence-corrected chi connectivity index (χ4v) is 2.26. The van der Waals surface area contributed by atoms with Gasteiger partial charge in [-0.1, -0.05) is 36.5 Å². The first-order valence-electron chi connectivity index (χ1n) is 6.26. The lowest BCUT2D eigenvalue weighted by atomic mass is 10.2. The maximum Gasteiger partial charge on any atom is 0.146 e. The minimum atomic E-state index is -0.506. The van der Waals surface area contributed by atoms with Gasteiger partial charge in [-0.25, -0.2) is 4.39 Å². The molecule has 3 rings (SSSR count). The van der Waals surface area contributed by atoms with Gasteiger partial charge in [-0.2, -0.15) is 0 Å². The average molecular weight is 298 g/mol. The summed E-state index contributed by atoms with van der Waals surface area (Å²) in [5.41, 5.74) is 6.51. The molecular weight excluding hydrogens is 287 g/mol. The monoisotopic (exact) mass is 298 g/mol. The van der Waals surface area contributed by atoms with Gasteiger partial charge in [0.1, 0.15) is 22.3 Å². The molecule has 1 heterocycles. The zero-order valence-corrected chi connectivity index (χ0v) is 11.7. The largest absolute Gasteiger partial charge is 0.455 e. The topological polar surface area (TPSA) is 48.1 Å². The van der Waals surface area contributed by atoms with Gasteiger partial charge in [-0.15, -0.1) is 0 Å². The number of para-hydroxylation sites is 1. The van der Waals surface area contributed by atoms with Crippen LogP contribution in [0.1, 0.15) is 5.56 Å². The highest BCUT2D eigenvalue weighted by atomic mass is 32.1. The van der Waals surface area contributed by atoms with Crippen molar-refractivity contribution in [2.45, 2.75) is 0 Å². The number of hydrogen-bond acceptors (Lipinski definition) is 3. The summed E-state index contributed by atoms with van der Waals surface area (Å²) in [7, 11) is 0. The van der Waals surface area contributed by atoms with Crippen molar-refractivity contribution in [3.8, 4) is 11.5 Å². The molecule has 0 fully saturated rings. The van der Waals surface area contributed by atoms with Crippen LogP contribution in [0.3, 0.4) is 0 Å². The molecule has 0 radical (unpaired) electrons. The number of fused-ring (bicyclic) bond motifs is 1. The minimum Gasteiger partial charge on any atom is -0.455 e. The van der Waals surface area contributed by atoms with Gasteiger partial charge in [0.25, 0.3) is 0 Å². The first-order valence-corrected chi connectivity index (χ1v) is 6.67. The number of nitrogens with two attached hydrogens (primary N) is 1. The number of benzene rings is 2.